The van der Waals surface area contributed by atoms with Gasteiger partial charge in [0.15, 0.2) is 5.78 Å². The third-order valence-electron chi connectivity index (χ3n) is 1.69. The fourth-order valence-corrected chi connectivity index (χ4v) is 1.32. The summed E-state index contributed by atoms with van der Waals surface area (Å²) < 4.78 is 0. The molecule has 13 heavy (non-hydrogen) atoms. The van der Waals surface area contributed by atoms with Crippen LogP contribution in [0.25, 0.3) is 0 Å². The second-order valence-corrected chi connectivity index (χ2v) is 3.28. The molecule has 0 aliphatic carbocycles. The fourth-order valence-electron chi connectivity index (χ4n) is 0.948. The van der Waals surface area contributed by atoms with Crippen LogP contribution in [0.15, 0.2) is 24.3 Å². The van der Waals surface area contributed by atoms with E-state index in [2.05, 4.69) is 15.9 Å². The predicted molar refractivity (Wildman–Crippen MR) is 54.1 cm³/mol. The molecule has 0 radical (unpaired) electrons. The van der Waals surface area contributed by atoms with Crippen LogP contribution in [0.3, 0.4) is 0 Å². The van der Waals surface area contributed by atoms with Gasteiger partial charge in [-0.15, -0.1) is 0 Å². The van der Waals surface area contributed by atoms with Crippen LogP contribution in [-0.2, 0) is 10.1 Å². The van der Waals surface area contributed by atoms with Gasteiger partial charge in [0.1, 0.15) is 0 Å². The molecular formula is C10H9BrO2. The van der Waals surface area contributed by atoms with Gasteiger partial charge >= 0.3 is 0 Å². The van der Waals surface area contributed by atoms with Crippen molar-refractivity contribution in [1.29, 1.82) is 0 Å². The van der Waals surface area contributed by atoms with Crippen LogP contribution < -0.4 is 0 Å². The molecule has 0 atom stereocenters. The number of halogens is 1. The van der Waals surface area contributed by atoms with Crippen LogP contribution in [0, 0.1) is 0 Å². The van der Waals surface area contributed by atoms with E-state index >= 15 is 0 Å². The van der Waals surface area contributed by atoms with E-state index in [9.17, 15) is 9.59 Å². The predicted octanol–water partition coefficient (Wildman–Crippen LogP) is 2.35. The first-order valence-electron chi connectivity index (χ1n) is 3.85. The Hall–Kier alpha value is -0.960. The lowest BCUT2D eigenvalue weighted by molar-refractivity contribution is -0.113. The van der Waals surface area contributed by atoms with E-state index in [0.717, 1.165) is 10.9 Å². The highest BCUT2D eigenvalue weighted by Gasteiger charge is 2.09. The zero-order valence-electron chi connectivity index (χ0n) is 7.21. The fraction of sp³-hybridized carbons (Fsp3) is 0.200. The average Bonchev–Trinajstić information content (AvgIpc) is 2.17. The molecule has 0 bridgehead atoms. The summed E-state index contributed by atoms with van der Waals surface area (Å²) >= 11 is 3.30. The lowest BCUT2D eigenvalue weighted by Gasteiger charge is -1.98. The first-order valence-corrected chi connectivity index (χ1v) is 4.97. The average molecular weight is 241 g/mol. The zero-order chi connectivity index (χ0) is 9.84. The zero-order valence-corrected chi connectivity index (χ0v) is 8.80. The van der Waals surface area contributed by atoms with E-state index in [0.29, 0.717) is 5.56 Å². The van der Waals surface area contributed by atoms with Crippen molar-refractivity contribution in [2.24, 2.45) is 0 Å². The molecule has 2 nitrogen and oxygen atoms in total. The molecule has 0 aliphatic rings. The highest BCUT2D eigenvalue weighted by atomic mass is 79.9. The molecule has 1 aromatic rings. The monoisotopic (exact) mass is 240 g/mol. The molecule has 0 saturated carbocycles. The van der Waals surface area contributed by atoms with Crippen molar-refractivity contribution in [3.05, 3.63) is 35.4 Å². The number of alkyl halides is 1. The summed E-state index contributed by atoms with van der Waals surface area (Å²) in [5.41, 5.74) is 1.54. The molecule has 0 unspecified atom stereocenters. The maximum absolute atomic E-state index is 11.2. The normalized spacial score (nSPS) is 9.69. The Morgan fingerprint density at radius 3 is 2.15 bits per heavy atom. The van der Waals surface area contributed by atoms with Gasteiger partial charge in [-0.2, -0.15) is 0 Å². The maximum atomic E-state index is 11.2. The Morgan fingerprint density at radius 1 is 1.23 bits per heavy atom. The Balaban J connectivity index is 2.92. The largest absolute Gasteiger partial charge is 0.291 e. The second kappa shape index (κ2) is 4.33. The van der Waals surface area contributed by atoms with Gasteiger partial charge in [-0.05, 0) is 5.56 Å². The first-order chi connectivity index (χ1) is 6.15. The molecular weight excluding hydrogens is 232 g/mol. The summed E-state index contributed by atoms with van der Waals surface area (Å²) in [7, 11) is 0. The van der Waals surface area contributed by atoms with Crippen LogP contribution in [0.1, 0.15) is 22.8 Å². The molecule has 68 valence electrons. The van der Waals surface area contributed by atoms with E-state index in [4.69, 9.17) is 0 Å². The van der Waals surface area contributed by atoms with Gasteiger partial charge in [0, 0.05) is 17.8 Å². The van der Waals surface area contributed by atoms with Crippen molar-refractivity contribution in [2.45, 2.75) is 12.3 Å². The third kappa shape index (κ3) is 2.49. The number of ketones is 2. The molecule has 3 heteroatoms. The molecule has 0 saturated heterocycles. The van der Waals surface area contributed by atoms with E-state index in [-0.39, 0.29) is 0 Å². The highest BCUT2D eigenvalue weighted by Crippen LogP contribution is 2.08. The highest BCUT2D eigenvalue weighted by molar-refractivity contribution is 9.08. The van der Waals surface area contributed by atoms with Gasteiger partial charge in [0.05, 0.1) is 0 Å². The molecule has 0 fully saturated rings. The molecule has 1 rings (SSSR count). The van der Waals surface area contributed by atoms with Crippen LogP contribution in [0.2, 0.25) is 0 Å². The number of carbonyl (C=O) groups is 2. The van der Waals surface area contributed by atoms with Crippen molar-refractivity contribution >= 4 is 27.5 Å². The molecule has 0 heterocycles. The van der Waals surface area contributed by atoms with Crippen molar-refractivity contribution in [3.8, 4) is 0 Å². The smallest absolute Gasteiger partial charge is 0.228 e. The standard InChI is InChI=1S/C10H9BrO2/c1-7(12)10(13)9-4-2-8(6-11)3-5-9/h2-5H,6H2,1H3. The Kier molecular flexibility index (Phi) is 3.37. The molecule has 0 amide bonds. The Labute approximate surface area is 85.1 Å². The molecule has 0 aromatic heterocycles. The molecule has 0 N–H and O–H groups in total. The van der Waals surface area contributed by atoms with Crippen molar-refractivity contribution in [1.82, 2.24) is 0 Å². The maximum Gasteiger partial charge on any atom is 0.228 e. The van der Waals surface area contributed by atoms with Gasteiger partial charge in [0.25, 0.3) is 0 Å². The third-order valence-corrected chi connectivity index (χ3v) is 2.34. The molecule has 0 aliphatic heterocycles. The first kappa shape index (κ1) is 10.1. The summed E-state index contributed by atoms with van der Waals surface area (Å²) in [6.07, 6.45) is 0. The van der Waals surface area contributed by atoms with Gasteiger partial charge in [-0.3, -0.25) is 9.59 Å². The minimum absolute atomic E-state index is 0.424. The van der Waals surface area contributed by atoms with Gasteiger partial charge in [-0.1, -0.05) is 40.2 Å². The van der Waals surface area contributed by atoms with Crippen molar-refractivity contribution in [3.63, 3.8) is 0 Å². The lowest BCUT2D eigenvalue weighted by atomic mass is 10.1. The number of carbonyl (C=O) groups excluding carboxylic acids is 2. The van der Waals surface area contributed by atoms with E-state index in [1.165, 1.54) is 6.92 Å². The molecule has 1 aromatic carbocycles. The summed E-state index contributed by atoms with van der Waals surface area (Å²) in [6.45, 7) is 1.28. The van der Waals surface area contributed by atoms with Gasteiger partial charge in [-0.25, -0.2) is 0 Å². The minimum Gasteiger partial charge on any atom is -0.291 e. The van der Waals surface area contributed by atoms with E-state index in [1.807, 2.05) is 12.1 Å². The van der Waals surface area contributed by atoms with Gasteiger partial charge < -0.3 is 0 Å². The van der Waals surface area contributed by atoms with Crippen LogP contribution in [0.4, 0.5) is 0 Å². The second-order valence-electron chi connectivity index (χ2n) is 2.72. The number of Topliss-reactive ketones (excluding diaryl/α,β-unsaturated/α-hetero) is 2. The quantitative estimate of drug-likeness (QED) is 0.462. The summed E-state index contributed by atoms with van der Waals surface area (Å²) in [5, 5.41) is 0.752. The van der Waals surface area contributed by atoms with Gasteiger partial charge in [0.2, 0.25) is 5.78 Å². The van der Waals surface area contributed by atoms with Crippen LogP contribution in [0.5, 0.6) is 0 Å². The SMILES string of the molecule is CC(=O)C(=O)c1ccc(CBr)cc1. The summed E-state index contributed by atoms with van der Waals surface area (Å²) in [4.78, 5) is 21.9. The van der Waals surface area contributed by atoms with Crippen LogP contribution in [-0.4, -0.2) is 11.6 Å². The van der Waals surface area contributed by atoms with Crippen molar-refractivity contribution < 1.29 is 9.59 Å². The number of rotatable bonds is 3. The molecule has 0 spiro atoms. The number of hydrogen-bond donors (Lipinski definition) is 0. The summed E-state index contributed by atoms with van der Waals surface area (Å²) in [6, 6.07) is 6.98. The number of benzene rings is 1. The Bertz CT molecular complexity index is 327. The lowest BCUT2D eigenvalue weighted by Crippen LogP contribution is -2.09. The van der Waals surface area contributed by atoms with Crippen molar-refractivity contribution in [2.75, 3.05) is 0 Å². The number of hydrogen-bond acceptors (Lipinski definition) is 2. The van der Waals surface area contributed by atoms with E-state index < -0.39 is 11.6 Å². The van der Waals surface area contributed by atoms with E-state index in [1.54, 1.807) is 12.1 Å². The van der Waals surface area contributed by atoms with Crippen LogP contribution >= 0.6 is 15.9 Å². The Morgan fingerprint density at radius 2 is 1.77 bits per heavy atom. The minimum atomic E-state index is -0.430. The topological polar surface area (TPSA) is 34.1 Å². The summed E-state index contributed by atoms with van der Waals surface area (Å²) in [5.74, 6) is -0.854.